The number of fused-ring (bicyclic) bond motifs is 1. The summed E-state index contributed by atoms with van der Waals surface area (Å²) >= 11 is 0. The highest BCUT2D eigenvalue weighted by Crippen LogP contribution is 2.06. The molecule has 0 bridgehead atoms. The number of imidazole rings is 1. The van der Waals surface area contributed by atoms with Crippen LogP contribution < -0.4 is 11.3 Å². The number of ether oxygens (including phenoxy) is 2. The van der Waals surface area contributed by atoms with Gasteiger partial charge in [-0.05, 0) is 0 Å². The van der Waals surface area contributed by atoms with E-state index in [0.29, 0.717) is 0 Å². The molecule has 118 valence electrons. The minimum atomic E-state index is -1.26. The number of aromatic amines is 1. The van der Waals surface area contributed by atoms with Crippen molar-refractivity contribution in [2.45, 2.75) is 13.2 Å². The van der Waals surface area contributed by atoms with Gasteiger partial charge in [-0.3, -0.25) is 23.9 Å². The van der Waals surface area contributed by atoms with Gasteiger partial charge < -0.3 is 20.3 Å². The van der Waals surface area contributed by atoms with Gasteiger partial charge in [-0.2, -0.15) is 4.98 Å². The molecule has 0 atom stereocenters. The Morgan fingerprint density at radius 2 is 2.18 bits per heavy atom. The average Bonchev–Trinajstić information content (AvgIpc) is 2.81. The van der Waals surface area contributed by atoms with E-state index < -0.39 is 23.9 Å². The van der Waals surface area contributed by atoms with Crippen LogP contribution in [0.1, 0.15) is 6.42 Å². The molecule has 0 fully saturated rings. The number of esters is 1. The number of H-pyrrole nitrogens is 1. The van der Waals surface area contributed by atoms with Crippen LogP contribution in [0, 0.1) is 0 Å². The number of aromatic nitrogens is 4. The van der Waals surface area contributed by atoms with Gasteiger partial charge in [0.2, 0.25) is 5.95 Å². The Morgan fingerprint density at radius 3 is 2.91 bits per heavy atom. The Morgan fingerprint density at radius 1 is 1.41 bits per heavy atom. The number of nitrogens with zero attached hydrogens (tertiary/aromatic N) is 3. The predicted octanol–water partition coefficient (Wildman–Crippen LogP) is -1.31. The molecule has 0 saturated heterocycles. The highest BCUT2D eigenvalue weighted by Gasteiger charge is 2.10. The smallest absolute Gasteiger partial charge is 0.317 e. The second-order valence-electron chi connectivity index (χ2n) is 4.17. The molecule has 11 heteroatoms. The van der Waals surface area contributed by atoms with Gasteiger partial charge in [0.05, 0.1) is 12.9 Å². The maximum Gasteiger partial charge on any atom is 0.317 e. The topological polar surface area (TPSA) is 162 Å². The molecule has 2 aromatic heterocycles. The van der Waals surface area contributed by atoms with Crippen molar-refractivity contribution in [1.29, 1.82) is 0 Å². The van der Waals surface area contributed by atoms with Crippen LogP contribution in [-0.4, -0.2) is 49.8 Å². The average molecular weight is 311 g/mol. The van der Waals surface area contributed by atoms with Crippen molar-refractivity contribution >= 4 is 29.1 Å². The summed E-state index contributed by atoms with van der Waals surface area (Å²) in [5, 5.41) is 8.37. The zero-order valence-corrected chi connectivity index (χ0v) is 11.3. The molecule has 0 aliphatic carbocycles. The largest absolute Gasteiger partial charge is 0.481 e. The van der Waals surface area contributed by atoms with Crippen LogP contribution in [0.3, 0.4) is 0 Å². The van der Waals surface area contributed by atoms with Crippen molar-refractivity contribution in [3.8, 4) is 0 Å². The normalized spacial score (nSPS) is 10.7. The van der Waals surface area contributed by atoms with Crippen LogP contribution >= 0.6 is 0 Å². The van der Waals surface area contributed by atoms with Gasteiger partial charge in [0.1, 0.15) is 19.8 Å². The standard InChI is InChI=1S/C11H13N5O6/c12-11-14-9-8(10(20)15-11)13-4-16(9)5-21-1-2-22-7(19)3-6(17)18/h4H,1-3,5H2,(H,17,18)(H3,12,14,15,20). The van der Waals surface area contributed by atoms with E-state index >= 15 is 0 Å². The van der Waals surface area contributed by atoms with E-state index in [1.165, 1.54) is 10.9 Å². The molecule has 0 saturated carbocycles. The third-order valence-corrected chi connectivity index (χ3v) is 2.51. The Balaban J connectivity index is 1.84. The first-order chi connectivity index (χ1) is 10.5. The van der Waals surface area contributed by atoms with E-state index in [2.05, 4.69) is 19.7 Å². The van der Waals surface area contributed by atoms with E-state index in [9.17, 15) is 14.4 Å². The van der Waals surface area contributed by atoms with Gasteiger partial charge in [0.25, 0.3) is 5.56 Å². The Kier molecular flexibility index (Phi) is 4.68. The summed E-state index contributed by atoms with van der Waals surface area (Å²) in [5.74, 6) is -2.14. The molecule has 4 N–H and O–H groups in total. The number of hydrogen-bond acceptors (Lipinski definition) is 8. The summed E-state index contributed by atoms with van der Waals surface area (Å²) in [6, 6.07) is 0. The highest BCUT2D eigenvalue weighted by atomic mass is 16.6. The summed E-state index contributed by atoms with van der Waals surface area (Å²) in [4.78, 5) is 42.9. The number of nitrogen functional groups attached to an aromatic ring is 1. The Bertz CT molecular complexity index is 751. The lowest BCUT2D eigenvalue weighted by Crippen LogP contribution is -2.15. The quantitative estimate of drug-likeness (QED) is 0.320. The predicted molar refractivity (Wildman–Crippen MR) is 71.7 cm³/mol. The van der Waals surface area contributed by atoms with Crippen molar-refractivity contribution in [3.05, 3.63) is 16.7 Å². The summed E-state index contributed by atoms with van der Waals surface area (Å²) in [5.41, 5.74) is 5.39. The molecule has 22 heavy (non-hydrogen) atoms. The van der Waals surface area contributed by atoms with E-state index in [1.807, 2.05) is 0 Å². The second kappa shape index (κ2) is 6.67. The lowest BCUT2D eigenvalue weighted by atomic mass is 10.4. The molecule has 0 aliphatic rings. The van der Waals surface area contributed by atoms with Crippen LogP contribution in [-0.2, 0) is 25.8 Å². The van der Waals surface area contributed by atoms with Crippen LogP contribution in [0.2, 0.25) is 0 Å². The molecular formula is C11H13N5O6. The van der Waals surface area contributed by atoms with Crippen molar-refractivity contribution in [1.82, 2.24) is 19.5 Å². The van der Waals surface area contributed by atoms with Gasteiger partial charge in [-0.25, -0.2) is 4.98 Å². The number of carbonyl (C=O) groups excluding carboxylic acids is 1. The van der Waals surface area contributed by atoms with Crippen LogP contribution in [0.4, 0.5) is 5.95 Å². The third-order valence-electron chi connectivity index (χ3n) is 2.51. The molecule has 0 aromatic carbocycles. The summed E-state index contributed by atoms with van der Waals surface area (Å²) in [7, 11) is 0. The maximum atomic E-state index is 11.6. The second-order valence-corrected chi connectivity index (χ2v) is 4.17. The number of nitrogens with two attached hydrogens (primary N) is 1. The van der Waals surface area contributed by atoms with Crippen molar-refractivity contribution in [2.75, 3.05) is 18.9 Å². The molecule has 2 aromatic rings. The fourth-order valence-electron chi connectivity index (χ4n) is 1.62. The zero-order chi connectivity index (χ0) is 16.1. The van der Waals surface area contributed by atoms with Crippen molar-refractivity contribution in [3.63, 3.8) is 0 Å². The van der Waals surface area contributed by atoms with E-state index in [1.54, 1.807) is 0 Å². The first-order valence-corrected chi connectivity index (χ1v) is 6.13. The lowest BCUT2D eigenvalue weighted by Gasteiger charge is -2.06. The van der Waals surface area contributed by atoms with E-state index in [0.717, 1.165) is 0 Å². The maximum absolute atomic E-state index is 11.6. The summed E-state index contributed by atoms with van der Waals surface area (Å²) in [6.45, 7) is -0.0263. The molecule has 0 radical (unpaired) electrons. The van der Waals surface area contributed by atoms with Crippen LogP contribution in [0.25, 0.3) is 11.2 Å². The highest BCUT2D eigenvalue weighted by molar-refractivity contribution is 5.90. The number of hydrogen-bond donors (Lipinski definition) is 3. The number of nitrogens with one attached hydrogen (secondary N) is 1. The summed E-state index contributed by atoms with van der Waals surface area (Å²) in [6.07, 6.45) is 0.668. The Hall–Kier alpha value is -2.95. The van der Waals surface area contributed by atoms with Gasteiger partial charge >= 0.3 is 11.9 Å². The molecule has 0 amide bonds. The third kappa shape index (κ3) is 3.79. The first-order valence-electron chi connectivity index (χ1n) is 6.13. The van der Waals surface area contributed by atoms with Crippen molar-refractivity contribution < 1.29 is 24.2 Å². The summed E-state index contributed by atoms with van der Waals surface area (Å²) < 4.78 is 11.3. The molecule has 0 aliphatic heterocycles. The minimum absolute atomic E-state index is 0.0167. The minimum Gasteiger partial charge on any atom is -0.481 e. The first kappa shape index (κ1) is 15.4. The molecule has 2 heterocycles. The van der Waals surface area contributed by atoms with Gasteiger partial charge in [0, 0.05) is 0 Å². The van der Waals surface area contributed by atoms with E-state index in [-0.39, 0.29) is 37.1 Å². The van der Waals surface area contributed by atoms with Crippen molar-refractivity contribution in [2.24, 2.45) is 0 Å². The number of carboxylic acid groups (broad SMARTS) is 1. The fraction of sp³-hybridized carbons (Fsp3) is 0.364. The number of rotatable bonds is 7. The SMILES string of the molecule is Nc1nc2c(ncn2COCCOC(=O)CC(=O)O)c(=O)[nH]1. The van der Waals surface area contributed by atoms with Crippen LogP contribution in [0.15, 0.2) is 11.1 Å². The lowest BCUT2D eigenvalue weighted by molar-refractivity contribution is -0.152. The van der Waals surface area contributed by atoms with Gasteiger partial charge in [-0.1, -0.05) is 0 Å². The number of anilines is 1. The fourth-order valence-corrected chi connectivity index (χ4v) is 1.62. The van der Waals surface area contributed by atoms with E-state index in [4.69, 9.17) is 15.6 Å². The molecule has 0 spiro atoms. The molecule has 0 unspecified atom stereocenters. The number of carboxylic acids is 1. The number of carbonyl (C=O) groups is 2. The van der Waals surface area contributed by atoms with Gasteiger partial charge in [-0.15, -0.1) is 0 Å². The Labute approximate surface area is 122 Å². The molecular weight excluding hydrogens is 298 g/mol. The van der Waals surface area contributed by atoms with Crippen LogP contribution in [0.5, 0.6) is 0 Å². The molecule has 2 rings (SSSR count). The monoisotopic (exact) mass is 311 g/mol. The number of aliphatic carboxylic acids is 1. The van der Waals surface area contributed by atoms with Gasteiger partial charge in [0.15, 0.2) is 11.2 Å². The zero-order valence-electron chi connectivity index (χ0n) is 11.3. The molecule has 11 nitrogen and oxygen atoms in total.